The van der Waals surface area contributed by atoms with Crippen LogP contribution < -0.4 is 21.3 Å². The maximum atomic E-state index is 11.3. The standard InChI is InChI=1S/C10H13N3O3/c1-16-8-5-3-2-4-7(8)6-9(14)12-13-10(11)15/h2-5H,6H2,1H3,(H,12,14)(H3,11,13,15). The minimum Gasteiger partial charge on any atom is -0.496 e. The van der Waals surface area contributed by atoms with Crippen molar-refractivity contribution in [1.29, 1.82) is 0 Å². The van der Waals surface area contributed by atoms with Gasteiger partial charge in [0.05, 0.1) is 13.5 Å². The molecule has 0 spiro atoms. The Kier molecular flexibility index (Phi) is 4.14. The zero-order valence-corrected chi connectivity index (χ0v) is 8.82. The van der Waals surface area contributed by atoms with E-state index in [4.69, 9.17) is 10.5 Å². The van der Waals surface area contributed by atoms with E-state index in [-0.39, 0.29) is 12.3 Å². The van der Waals surface area contributed by atoms with Gasteiger partial charge in [0.25, 0.3) is 0 Å². The van der Waals surface area contributed by atoms with Gasteiger partial charge in [-0.2, -0.15) is 0 Å². The van der Waals surface area contributed by atoms with Gasteiger partial charge < -0.3 is 10.5 Å². The second kappa shape index (κ2) is 5.59. The third-order valence-corrected chi connectivity index (χ3v) is 1.87. The summed E-state index contributed by atoms with van der Waals surface area (Å²) in [6.45, 7) is 0. The highest BCUT2D eigenvalue weighted by Gasteiger charge is 2.07. The van der Waals surface area contributed by atoms with Crippen molar-refractivity contribution in [3.8, 4) is 5.75 Å². The number of amides is 3. The fourth-order valence-electron chi connectivity index (χ4n) is 1.20. The van der Waals surface area contributed by atoms with E-state index in [9.17, 15) is 9.59 Å². The number of benzene rings is 1. The highest BCUT2D eigenvalue weighted by atomic mass is 16.5. The second-order valence-electron chi connectivity index (χ2n) is 3.03. The van der Waals surface area contributed by atoms with Crippen LogP contribution >= 0.6 is 0 Å². The summed E-state index contributed by atoms with van der Waals surface area (Å²) in [5, 5.41) is 0. The molecule has 1 aromatic rings. The molecule has 0 aromatic heterocycles. The van der Waals surface area contributed by atoms with Crippen LogP contribution in [0.3, 0.4) is 0 Å². The Labute approximate surface area is 92.7 Å². The fraction of sp³-hybridized carbons (Fsp3) is 0.200. The molecule has 0 aliphatic heterocycles. The number of ether oxygens (including phenoxy) is 1. The number of hydrogen-bond donors (Lipinski definition) is 3. The molecule has 0 aliphatic rings. The molecule has 0 unspecified atom stereocenters. The first-order valence-corrected chi connectivity index (χ1v) is 4.59. The van der Waals surface area contributed by atoms with Gasteiger partial charge in [0.15, 0.2) is 0 Å². The van der Waals surface area contributed by atoms with Gasteiger partial charge in [-0.1, -0.05) is 18.2 Å². The number of nitrogens with one attached hydrogen (secondary N) is 2. The molecular formula is C10H13N3O3. The third-order valence-electron chi connectivity index (χ3n) is 1.87. The Morgan fingerprint density at radius 1 is 1.31 bits per heavy atom. The molecule has 1 aromatic carbocycles. The molecule has 6 heteroatoms. The van der Waals surface area contributed by atoms with E-state index < -0.39 is 6.03 Å². The van der Waals surface area contributed by atoms with E-state index in [1.807, 2.05) is 11.5 Å². The molecule has 0 saturated carbocycles. The Morgan fingerprint density at radius 2 is 2.00 bits per heavy atom. The van der Waals surface area contributed by atoms with Crippen LogP contribution in [0.2, 0.25) is 0 Å². The van der Waals surface area contributed by atoms with Crippen LogP contribution in [-0.2, 0) is 11.2 Å². The number of carbonyl (C=O) groups excluding carboxylic acids is 2. The van der Waals surface area contributed by atoms with Gasteiger partial charge in [-0.25, -0.2) is 10.2 Å². The first-order chi connectivity index (χ1) is 7.63. The monoisotopic (exact) mass is 223 g/mol. The van der Waals surface area contributed by atoms with Crippen LogP contribution in [0.4, 0.5) is 4.79 Å². The first-order valence-electron chi connectivity index (χ1n) is 4.59. The maximum Gasteiger partial charge on any atom is 0.330 e. The smallest absolute Gasteiger partial charge is 0.330 e. The summed E-state index contributed by atoms with van der Waals surface area (Å²) in [6.07, 6.45) is 0.101. The molecular weight excluding hydrogens is 210 g/mol. The van der Waals surface area contributed by atoms with Crippen molar-refractivity contribution in [3.63, 3.8) is 0 Å². The van der Waals surface area contributed by atoms with Crippen molar-refractivity contribution >= 4 is 11.9 Å². The van der Waals surface area contributed by atoms with E-state index in [0.29, 0.717) is 5.75 Å². The highest BCUT2D eigenvalue weighted by Crippen LogP contribution is 2.17. The summed E-state index contributed by atoms with van der Waals surface area (Å²) in [5.74, 6) is 0.250. The zero-order valence-electron chi connectivity index (χ0n) is 8.82. The minimum absolute atomic E-state index is 0.101. The normalized spacial score (nSPS) is 9.31. The summed E-state index contributed by atoms with van der Waals surface area (Å²) in [4.78, 5) is 21.7. The number of methoxy groups -OCH3 is 1. The Balaban J connectivity index is 2.58. The largest absolute Gasteiger partial charge is 0.496 e. The lowest BCUT2D eigenvalue weighted by atomic mass is 10.1. The number of urea groups is 1. The zero-order chi connectivity index (χ0) is 12.0. The summed E-state index contributed by atoms with van der Waals surface area (Å²) >= 11 is 0. The number of nitrogens with two attached hydrogens (primary N) is 1. The van der Waals surface area contributed by atoms with Gasteiger partial charge in [0.2, 0.25) is 5.91 Å². The van der Waals surface area contributed by atoms with Crippen LogP contribution in [0, 0.1) is 0 Å². The van der Waals surface area contributed by atoms with Crippen molar-refractivity contribution in [2.75, 3.05) is 7.11 Å². The molecule has 0 atom stereocenters. The number of primary amides is 1. The average Bonchev–Trinajstić information content (AvgIpc) is 2.27. The van der Waals surface area contributed by atoms with Gasteiger partial charge in [0, 0.05) is 5.56 Å². The molecule has 16 heavy (non-hydrogen) atoms. The second-order valence-corrected chi connectivity index (χ2v) is 3.03. The molecule has 1 rings (SSSR count). The molecule has 0 bridgehead atoms. The van der Waals surface area contributed by atoms with Crippen LogP contribution in [0.1, 0.15) is 5.56 Å². The van der Waals surface area contributed by atoms with Crippen LogP contribution in [0.15, 0.2) is 24.3 Å². The van der Waals surface area contributed by atoms with Crippen molar-refractivity contribution in [2.24, 2.45) is 5.73 Å². The number of carbonyl (C=O) groups is 2. The third kappa shape index (κ3) is 3.49. The first kappa shape index (κ1) is 11.8. The van der Waals surface area contributed by atoms with E-state index in [0.717, 1.165) is 5.56 Å². The molecule has 0 heterocycles. The van der Waals surface area contributed by atoms with Gasteiger partial charge >= 0.3 is 6.03 Å². The lowest BCUT2D eigenvalue weighted by Gasteiger charge is -2.08. The van der Waals surface area contributed by atoms with Crippen LogP contribution in [0.5, 0.6) is 5.75 Å². The van der Waals surface area contributed by atoms with Gasteiger partial charge in [-0.15, -0.1) is 0 Å². The summed E-state index contributed by atoms with van der Waals surface area (Å²) in [5.41, 5.74) is 9.70. The van der Waals surface area contributed by atoms with Crippen molar-refractivity contribution in [2.45, 2.75) is 6.42 Å². The Hall–Kier alpha value is -2.24. The van der Waals surface area contributed by atoms with E-state index >= 15 is 0 Å². The SMILES string of the molecule is COc1ccccc1CC(=O)NNC(N)=O. The molecule has 6 nitrogen and oxygen atoms in total. The quantitative estimate of drug-likeness (QED) is 0.626. The topological polar surface area (TPSA) is 93.4 Å². The predicted molar refractivity (Wildman–Crippen MR) is 57.6 cm³/mol. The lowest BCUT2D eigenvalue weighted by molar-refractivity contribution is -0.121. The number of hydrazine groups is 1. The average molecular weight is 223 g/mol. The fourth-order valence-corrected chi connectivity index (χ4v) is 1.20. The molecule has 4 N–H and O–H groups in total. The lowest BCUT2D eigenvalue weighted by Crippen LogP contribution is -2.45. The Bertz CT molecular complexity index is 393. The van der Waals surface area contributed by atoms with Crippen molar-refractivity contribution in [1.82, 2.24) is 10.9 Å². The number of rotatable bonds is 3. The number of hydrogen-bond acceptors (Lipinski definition) is 3. The van der Waals surface area contributed by atoms with Gasteiger partial charge in [-0.3, -0.25) is 10.2 Å². The van der Waals surface area contributed by atoms with Crippen molar-refractivity contribution in [3.05, 3.63) is 29.8 Å². The Morgan fingerprint density at radius 3 is 2.62 bits per heavy atom. The van der Waals surface area contributed by atoms with Crippen molar-refractivity contribution < 1.29 is 14.3 Å². The van der Waals surface area contributed by atoms with Gasteiger partial charge in [0.1, 0.15) is 5.75 Å². The molecule has 0 fully saturated rings. The van der Waals surface area contributed by atoms with Gasteiger partial charge in [-0.05, 0) is 6.07 Å². The molecule has 0 aliphatic carbocycles. The maximum absolute atomic E-state index is 11.3. The molecule has 3 amide bonds. The van der Waals surface area contributed by atoms with E-state index in [2.05, 4.69) is 5.43 Å². The summed E-state index contributed by atoms with van der Waals surface area (Å²) in [7, 11) is 1.53. The molecule has 0 saturated heterocycles. The highest BCUT2D eigenvalue weighted by molar-refractivity contribution is 5.82. The summed E-state index contributed by atoms with van der Waals surface area (Å²) < 4.78 is 5.08. The number of para-hydroxylation sites is 1. The summed E-state index contributed by atoms with van der Waals surface area (Å²) in [6, 6.07) is 6.31. The van der Waals surface area contributed by atoms with E-state index in [1.54, 1.807) is 18.2 Å². The van der Waals surface area contributed by atoms with Crippen LogP contribution in [0.25, 0.3) is 0 Å². The van der Waals surface area contributed by atoms with Crippen LogP contribution in [-0.4, -0.2) is 19.0 Å². The van der Waals surface area contributed by atoms with E-state index in [1.165, 1.54) is 7.11 Å². The minimum atomic E-state index is -0.812. The molecule has 0 radical (unpaired) electrons. The molecule has 86 valence electrons. The predicted octanol–water partition coefficient (Wildman–Crippen LogP) is -0.0628.